The minimum absolute atomic E-state index is 0.0540. The molecule has 1 fully saturated rings. The van der Waals surface area contributed by atoms with Crippen LogP contribution in [0, 0.1) is 12.8 Å². The van der Waals surface area contributed by atoms with Gasteiger partial charge in [0, 0.05) is 30.3 Å². The van der Waals surface area contributed by atoms with Crippen LogP contribution in [0.5, 0.6) is 0 Å². The minimum Gasteiger partial charge on any atom is -0.339 e. The van der Waals surface area contributed by atoms with Crippen molar-refractivity contribution in [3.05, 3.63) is 64.7 Å². The van der Waals surface area contributed by atoms with Gasteiger partial charge in [-0.05, 0) is 60.4 Å². The van der Waals surface area contributed by atoms with E-state index >= 15 is 0 Å². The van der Waals surface area contributed by atoms with E-state index in [-0.39, 0.29) is 23.1 Å². The fourth-order valence-electron chi connectivity index (χ4n) is 4.07. The molecular formula is C26H34N2O2. The lowest BCUT2D eigenvalue weighted by atomic mass is 9.86. The maximum absolute atomic E-state index is 12.9. The average molecular weight is 407 g/mol. The van der Waals surface area contributed by atoms with Crippen LogP contribution >= 0.6 is 0 Å². The molecule has 0 atom stereocenters. The molecule has 2 amide bonds. The number of benzene rings is 2. The van der Waals surface area contributed by atoms with Crippen LogP contribution in [-0.2, 0) is 16.6 Å². The Morgan fingerprint density at radius 3 is 2.23 bits per heavy atom. The van der Waals surface area contributed by atoms with Crippen LogP contribution in [0.2, 0.25) is 0 Å². The van der Waals surface area contributed by atoms with Gasteiger partial charge in [-0.1, -0.05) is 58.0 Å². The Hall–Kier alpha value is -2.62. The molecule has 2 aromatic carbocycles. The number of nitrogens with one attached hydrogen (secondary N) is 1. The summed E-state index contributed by atoms with van der Waals surface area (Å²) in [6.07, 6.45) is 2.29. The first-order chi connectivity index (χ1) is 14.2. The summed E-state index contributed by atoms with van der Waals surface area (Å²) in [5.41, 5.74) is 5.21. The molecule has 1 saturated heterocycles. The summed E-state index contributed by atoms with van der Waals surface area (Å²) in [4.78, 5) is 27.6. The van der Waals surface area contributed by atoms with E-state index in [1.165, 1.54) is 5.56 Å². The van der Waals surface area contributed by atoms with Crippen molar-refractivity contribution in [3.63, 3.8) is 0 Å². The van der Waals surface area contributed by atoms with Crippen molar-refractivity contribution in [1.29, 1.82) is 0 Å². The van der Waals surface area contributed by atoms with E-state index in [9.17, 15) is 9.59 Å². The first kappa shape index (κ1) is 22.1. The zero-order chi connectivity index (χ0) is 21.9. The van der Waals surface area contributed by atoms with Crippen molar-refractivity contribution in [1.82, 2.24) is 4.90 Å². The molecule has 1 aliphatic rings. The zero-order valence-electron chi connectivity index (χ0n) is 18.9. The minimum atomic E-state index is -0.0540. The molecule has 0 aliphatic carbocycles. The molecule has 4 heteroatoms. The number of amides is 2. The summed E-state index contributed by atoms with van der Waals surface area (Å²) in [5.74, 6) is 0.0729. The van der Waals surface area contributed by atoms with E-state index in [1.807, 2.05) is 48.2 Å². The number of aryl methyl sites for hydroxylation is 2. The van der Waals surface area contributed by atoms with Gasteiger partial charge >= 0.3 is 0 Å². The van der Waals surface area contributed by atoms with Crippen LogP contribution in [0.3, 0.4) is 0 Å². The van der Waals surface area contributed by atoms with E-state index in [1.54, 1.807) is 0 Å². The third kappa shape index (κ3) is 4.92. The number of anilines is 1. The molecular weight excluding hydrogens is 372 g/mol. The van der Waals surface area contributed by atoms with E-state index in [0.29, 0.717) is 25.9 Å². The monoisotopic (exact) mass is 406 g/mol. The van der Waals surface area contributed by atoms with Crippen molar-refractivity contribution < 1.29 is 9.59 Å². The van der Waals surface area contributed by atoms with Crippen LogP contribution in [0.1, 0.15) is 67.6 Å². The Labute approximate surface area is 180 Å². The highest BCUT2D eigenvalue weighted by Crippen LogP contribution is 2.26. The quantitative estimate of drug-likeness (QED) is 0.744. The highest BCUT2D eigenvalue weighted by atomic mass is 16.2. The predicted molar refractivity (Wildman–Crippen MR) is 123 cm³/mol. The third-order valence-electron chi connectivity index (χ3n) is 6.14. The van der Waals surface area contributed by atoms with Crippen LogP contribution < -0.4 is 5.32 Å². The number of rotatable bonds is 4. The fraction of sp³-hybridized carbons (Fsp3) is 0.462. The fourth-order valence-corrected chi connectivity index (χ4v) is 4.07. The van der Waals surface area contributed by atoms with E-state index in [0.717, 1.165) is 28.8 Å². The normalized spacial score (nSPS) is 15.2. The number of hydrogen-bond donors (Lipinski definition) is 1. The Balaban J connectivity index is 1.59. The molecule has 2 aromatic rings. The van der Waals surface area contributed by atoms with Crippen LogP contribution in [0.25, 0.3) is 0 Å². The number of hydrogen-bond acceptors (Lipinski definition) is 2. The topological polar surface area (TPSA) is 49.4 Å². The highest BCUT2D eigenvalue weighted by molar-refractivity contribution is 5.96. The van der Waals surface area contributed by atoms with Crippen LogP contribution in [0.15, 0.2) is 42.5 Å². The van der Waals surface area contributed by atoms with Gasteiger partial charge in [-0.15, -0.1) is 0 Å². The standard InChI is InChI=1S/C26H34N2O2/c1-6-19-9-7-8-18(2)23(19)27-24(29)20-14-16-28(17-15-20)25(30)21-10-12-22(13-11-21)26(3,4)5/h7-13,20H,6,14-17H2,1-5H3,(H,27,29). The molecule has 3 rings (SSSR count). The van der Waals surface area contributed by atoms with E-state index in [4.69, 9.17) is 0 Å². The Bertz CT molecular complexity index is 902. The second-order valence-corrected chi connectivity index (χ2v) is 9.35. The Kier molecular flexibility index (Phi) is 6.64. The van der Waals surface area contributed by atoms with Crippen molar-refractivity contribution in [2.45, 2.75) is 59.3 Å². The lowest BCUT2D eigenvalue weighted by Crippen LogP contribution is -2.41. The zero-order valence-corrected chi connectivity index (χ0v) is 18.9. The summed E-state index contributed by atoms with van der Waals surface area (Å²) in [6.45, 7) is 11.9. The molecule has 0 radical (unpaired) electrons. The summed E-state index contributed by atoms with van der Waals surface area (Å²) < 4.78 is 0. The molecule has 0 unspecified atom stereocenters. The molecule has 1 N–H and O–H groups in total. The Morgan fingerprint density at radius 2 is 1.67 bits per heavy atom. The molecule has 0 spiro atoms. The largest absolute Gasteiger partial charge is 0.339 e. The van der Waals surface area contributed by atoms with E-state index < -0.39 is 0 Å². The number of nitrogens with zero attached hydrogens (tertiary/aromatic N) is 1. The van der Waals surface area contributed by atoms with Gasteiger partial charge in [-0.3, -0.25) is 9.59 Å². The smallest absolute Gasteiger partial charge is 0.253 e. The molecule has 0 saturated carbocycles. The van der Waals surface area contributed by atoms with Crippen molar-refractivity contribution in [3.8, 4) is 0 Å². The highest BCUT2D eigenvalue weighted by Gasteiger charge is 2.28. The van der Waals surface area contributed by atoms with Gasteiger partial charge in [-0.2, -0.15) is 0 Å². The van der Waals surface area contributed by atoms with Gasteiger partial charge in [0.25, 0.3) is 5.91 Å². The molecule has 0 aromatic heterocycles. The summed E-state index contributed by atoms with van der Waals surface area (Å²) >= 11 is 0. The van der Waals surface area contributed by atoms with Gasteiger partial charge in [0.15, 0.2) is 0 Å². The molecule has 160 valence electrons. The van der Waals surface area contributed by atoms with Crippen molar-refractivity contribution >= 4 is 17.5 Å². The number of likely N-dealkylation sites (tertiary alicyclic amines) is 1. The summed E-state index contributed by atoms with van der Waals surface area (Å²) in [6, 6.07) is 14.1. The molecule has 4 nitrogen and oxygen atoms in total. The predicted octanol–water partition coefficient (Wildman–Crippen LogP) is 5.35. The van der Waals surface area contributed by atoms with Gasteiger partial charge in [0.1, 0.15) is 0 Å². The second-order valence-electron chi connectivity index (χ2n) is 9.35. The lowest BCUT2D eigenvalue weighted by molar-refractivity contribution is -0.121. The first-order valence-corrected chi connectivity index (χ1v) is 11.0. The molecule has 30 heavy (non-hydrogen) atoms. The molecule has 1 aliphatic heterocycles. The van der Waals surface area contributed by atoms with Gasteiger partial charge in [0.2, 0.25) is 5.91 Å². The maximum atomic E-state index is 12.9. The lowest BCUT2D eigenvalue weighted by Gasteiger charge is -2.32. The summed E-state index contributed by atoms with van der Waals surface area (Å²) in [7, 11) is 0. The van der Waals surface area contributed by atoms with Gasteiger partial charge in [-0.25, -0.2) is 0 Å². The van der Waals surface area contributed by atoms with Crippen molar-refractivity contribution in [2.24, 2.45) is 5.92 Å². The van der Waals surface area contributed by atoms with Gasteiger partial charge < -0.3 is 10.2 Å². The summed E-state index contributed by atoms with van der Waals surface area (Å²) in [5, 5.41) is 3.15. The molecule has 0 bridgehead atoms. The number of piperidine rings is 1. The average Bonchev–Trinajstić information content (AvgIpc) is 2.74. The van der Waals surface area contributed by atoms with Crippen LogP contribution in [-0.4, -0.2) is 29.8 Å². The van der Waals surface area contributed by atoms with Crippen molar-refractivity contribution in [2.75, 3.05) is 18.4 Å². The number of carbonyl (C=O) groups excluding carboxylic acids is 2. The van der Waals surface area contributed by atoms with Crippen LogP contribution in [0.4, 0.5) is 5.69 Å². The molecule has 1 heterocycles. The second kappa shape index (κ2) is 9.03. The maximum Gasteiger partial charge on any atom is 0.253 e. The SMILES string of the molecule is CCc1cccc(C)c1NC(=O)C1CCN(C(=O)c2ccc(C(C)(C)C)cc2)CC1. The van der Waals surface area contributed by atoms with E-state index in [2.05, 4.69) is 39.1 Å². The van der Waals surface area contributed by atoms with Gasteiger partial charge in [0.05, 0.1) is 0 Å². The number of para-hydroxylation sites is 1. The third-order valence-corrected chi connectivity index (χ3v) is 6.14. The first-order valence-electron chi connectivity index (χ1n) is 11.0. The number of carbonyl (C=O) groups is 2. The Morgan fingerprint density at radius 1 is 1.03 bits per heavy atom.